The zero-order valence-electron chi connectivity index (χ0n) is 81.4. The van der Waals surface area contributed by atoms with Crippen LogP contribution in [0.25, 0.3) is 175 Å². The van der Waals surface area contributed by atoms with Crippen LogP contribution in [0.4, 0.5) is 47.3 Å². The summed E-state index contributed by atoms with van der Waals surface area (Å²) in [5.41, 5.74) is 27.2. The molecule has 20 aromatic carbocycles. The summed E-state index contributed by atoms with van der Waals surface area (Å²) in [6, 6.07) is 148. The Balaban J connectivity index is 0.000000108. The minimum absolute atomic E-state index is 0. The Bertz CT molecular complexity index is 8300. The Morgan fingerprint density at radius 2 is 0.614 bits per heavy atom. The molecule has 3 aromatic heterocycles. The van der Waals surface area contributed by atoms with Crippen LogP contribution in [0.15, 0.2) is 395 Å². The standard InChI is InChI=1S/3C32H22N.C21H20N2.C15H11F3N2.3Ir/c3*1-32(2)28-17-14-20(29-13-7-8-18-33-29)19-27(28)26-16-15-25-23-11-4-3-9-21(23)22-10-5-6-12-24(22)30(25)31(26)32;1-21(2,3)23-15-22(19-12-6-7-13-20(19)23)18-14-8-10-16-9-4-5-11-17(16)18;1-19-10-20(14-5-3-2-4-13(14)19)12-8-6-11(7-9-12)15(16,17)18;;;/h3*3-13,15-19H,1-2H3;4-13,15H,1-3H3;2-8,10H,1H3;;;/q3*-1;2*-2;;2*+3. The van der Waals surface area contributed by atoms with E-state index in [1.54, 1.807) is 0 Å². The van der Waals surface area contributed by atoms with Gasteiger partial charge in [-0.3, -0.25) is 0 Å². The first-order valence-corrected chi connectivity index (χ1v) is 48.5. The number of pyridine rings is 3. The van der Waals surface area contributed by atoms with Crippen LogP contribution in [0.3, 0.4) is 0 Å². The number of para-hydroxylation sites is 4. The average molecular weight is 2410 g/mol. The summed E-state index contributed by atoms with van der Waals surface area (Å²) in [7, 11) is 1.89. The van der Waals surface area contributed by atoms with Crippen molar-refractivity contribution < 1.29 is 73.5 Å². The van der Waals surface area contributed by atoms with Gasteiger partial charge in [0.15, 0.2) is 0 Å². The molecule has 23 aromatic rings. The Labute approximate surface area is 884 Å². The molecule has 0 saturated heterocycles. The summed E-state index contributed by atoms with van der Waals surface area (Å²) >= 11 is 0. The number of alkyl halides is 3. The summed E-state index contributed by atoms with van der Waals surface area (Å²) in [4.78, 5) is 22.0. The van der Waals surface area contributed by atoms with E-state index in [0.29, 0.717) is 5.69 Å². The predicted molar refractivity (Wildman–Crippen MR) is 585 cm³/mol. The first-order chi connectivity index (χ1) is 68.9. The molecule has 13 heteroatoms. The third-order valence-corrected chi connectivity index (χ3v) is 29.7. The number of anilines is 6. The van der Waals surface area contributed by atoms with Crippen LogP contribution >= 0.6 is 0 Å². The molecule has 0 bridgehead atoms. The largest absolute Gasteiger partial charge is 3.00 e. The van der Waals surface area contributed by atoms with E-state index in [0.717, 1.165) is 63.0 Å². The van der Waals surface area contributed by atoms with Gasteiger partial charge in [0.2, 0.25) is 0 Å². The molecular weight excluding hydrogens is 2320 g/mol. The van der Waals surface area contributed by atoms with Crippen LogP contribution in [-0.2, 0) is 82.7 Å². The van der Waals surface area contributed by atoms with Gasteiger partial charge in [0.25, 0.3) is 0 Å². The first kappa shape index (κ1) is 96.5. The van der Waals surface area contributed by atoms with Gasteiger partial charge in [-0.2, -0.15) is 62.9 Å². The van der Waals surface area contributed by atoms with Gasteiger partial charge >= 0.3 is 46.4 Å². The van der Waals surface area contributed by atoms with E-state index in [2.05, 4.69) is 415 Å². The van der Waals surface area contributed by atoms with Crippen LogP contribution in [0, 0.1) is 43.7 Å². The van der Waals surface area contributed by atoms with Gasteiger partial charge in [-0.05, 0) is 234 Å². The maximum absolute atomic E-state index is 12.5. The van der Waals surface area contributed by atoms with Gasteiger partial charge in [0, 0.05) is 67.0 Å². The number of aromatic nitrogens is 3. The quantitative estimate of drug-likeness (QED) is 0.126. The average Bonchev–Trinajstić information content (AvgIpc) is 1.54. The second-order valence-electron chi connectivity index (χ2n) is 40.0. The Morgan fingerprint density at radius 3 is 0.959 bits per heavy atom. The van der Waals surface area contributed by atoms with Crippen LogP contribution in [0.1, 0.15) is 101 Å². The Hall–Kier alpha value is -14.6. The van der Waals surface area contributed by atoms with Gasteiger partial charge in [-0.25, -0.2) is 0 Å². The number of nitrogens with zero attached hydrogens (tertiary/aromatic N) is 7. The van der Waals surface area contributed by atoms with Crippen molar-refractivity contribution in [2.24, 2.45) is 0 Å². The minimum atomic E-state index is -4.33. The first-order valence-electron chi connectivity index (χ1n) is 48.5. The number of halogens is 3. The molecule has 0 fully saturated rings. The number of hydrogen-bond acceptors (Lipinski definition) is 7. The summed E-state index contributed by atoms with van der Waals surface area (Å²) in [5, 5.41) is 26.5. The predicted octanol–water partition coefficient (Wildman–Crippen LogP) is 34.7. The molecular formula is C132H97F3Ir3N7-. The Kier molecular flexibility index (Phi) is 25.2. The van der Waals surface area contributed by atoms with Gasteiger partial charge in [0.1, 0.15) is 0 Å². The maximum atomic E-state index is 12.5. The second kappa shape index (κ2) is 37.8. The van der Waals surface area contributed by atoms with Crippen molar-refractivity contribution in [2.45, 2.75) is 90.3 Å². The Morgan fingerprint density at radius 1 is 0.297 bits per heavy atom. The van der Waals surface area contributed by atoms with Gasteiger partial charge in [0.05, 0.1) is 0 Å². The van der Waals surface area contributed by atoms with Crippen molar-refractivity contribution in [1.82, 2.24) is 15.0 Å². The molecule has 1 radical (unpaired) electrons. The summed E-state index contributed by atoms with van der Waals surface area (Å²) in [6.45, 7) is 24.9. The molecule has 0 N–H and O–H groups in total. The monoisotopic (exact) mass is 2420 g/mol. The minimum Gasteiger partial charge on any atom is -0.504 e. The fraction of sp³-hybridized carbons (Fsp3) is 0.114. The normalized spacial score (nSPS) is 13.9. The molecule has 709 valence electrons. The fourth-order valence-corrected chi connectivity index (χ4v) is 23.1. The summed E-state index contributed by atoms with van der Waals surface area (Å²) in [6.07, 6.45) is 1.20. The molecule has 28 rings (SSSR count). The topological polar surface area (TPSA) is 51.6 Å². The molecule has 0 saturated carbocycles. The third-order valence-electron chi connectivity index (χ3n) is 29.7. The summed E-state index contributed by atoms with van der Waals surface area (Å²) < 4.78 is 37.6. The van der Waals surface area contributed by atoms with Gasteiger partial charge in [-0.15, -0.1) is 117 Å². The molecule has 5 aliphatic rings. The van der Waals surface area contributed by atoms with Gasteiger partial charge < -0.3 is 34.6 Å². The second-order valence-corrected chi connectivity index (χ2v) is 40.0. The molecule has 0 spiro atoms. The van der Waals surface area contributed by atoms with E-state index < -0.39 is 11.7 Å². The zero-order chi connectivity index (χ0) is 96.8. The molecule has 7 nitrogen and oxygen atoms in total. The van der Waals surface area contributed by atoms with E-state index in [1.807, 2.05) is 109 Å². The van der Waals surface area contributed by atoms with Crippen LogP contribution in [0.2, 0.25) is 0 Å². The van der Waals surface area contributed by atoms with E-state index in [1.165, 1.54) is 192 Å². The molecule has 0 atom stereocenters. The van der Waals surface area contributed by atoms with Gasteiger partial charge in [-0.1, -0.05) is 330 Å². The van der Waals surface area contributed by atoms with E-state index in [4.69, 9.17) is 0 Å². The van der Waals surface area contributed by atoms with E-state index in [-0.39, 0.29) is 82.1 Å². The number of benzene rings is 20. The van der Waals surface area contributed by atoms with Crippen molar-refractivity contribution in [3.8, 4) is 67.2 Å². The zero-order valence-corrected chi connectivity index (χ0v) is 88.6. The molecule has 2 aliphatic heterocycles. The van der Waals surface area contributed by atoms with E-state index in [9.17, 15) is 13.2 Å². The summed E-state index contributed by atoms with van der Waals surface area (Å²) in [5.74, 6) is 0. The van der Waals surface area contributed by atoms with Crippen LogP contribution < -0.4 is 19.6 Å². The molecule has 5 heterocycles. The van der Waals surface area contributed by atoms with Crippen molar-refractivity contribution in [1.29, 1.82) is 0 Å². The smallest absolute Gasteiger partial charge is 0.504 e. The molecule has 0 unspecified atom stereocenters. The van der Waals surface area contributed by atoms with Crippen LogP contribution in [-0.4, -0.2) is 27.5 Å². The fourth-order valence-electron chi connectivity index (χ4n) is 23.1. The molecule has 3 aliphatic carbocycles. The molecule has 0 amide bonds. The number of fused-ring (bicyclic) bond motifs is 33. The number of hydrogen-bond donors (Lipinski definition) is 0. The van der Waals surface area contributed by atoms with E-state index >= 15 is 0 Å². The third kappa shape index (κ3) is 16.3. The number of rotatable bonds is 5. The SMILES string of the molecule is CC(C)(C)N1[CH-]N(c2[c-]ccc3ccccc23)c2ccccc21.CC1(C)c2c[c-]c(-c3ccccn3)cc2-c2ccc3c4ccccc4c4ccccc4c3c21.CC1(C)c2c[c-]c(-c3ccccn3)cc2-c2ccc3c4ccccc4c4ccccc4c3c21.CC1(C)c2c[c-]c(-c3ccccn3)cc2-c2ccc3c4ccccc4c4ccccc4c3c21.CN1[CH-]N(c2[c-]cc(C(F)(F)F)cc2)c2ccccc21.[Ir+3].[Ir+3].[Ir]. The van der Waals surface area contributed by atoms with Crippen molar-refractivity contribution >= 4 is 142 Å². The van der Waals surface area contributed by atoms with Crippen molar-refractivity contribution in [2.75, 3.05) is 26.6 Å². The van der Waals surface area contributed by atoms with Crippen molar-refractivity contribution in [3.63, 3.8) is 0 Å². The van der Waals surface area contributed by atoms with Crippen molar-refractivity contribution in [3.05, 3.63) is 477 Å². The maximum Gasteiger partial charge on any atom is 3.00 e. The molecule has 145 heavy (non-hydrogen) atoms. The van der Waals surface area contributed by atoms with Crippen LogP contribution in [0.5, 0.6) is 0 Å².